The van der Waals surface area contributed by atoms with Crippen LogP contribution in [0.2, 0.25) is 0 Å². The Morgan fingerprint density at radius 3 is 2.47 bits per heavy atom. The second kappa shape index (κ2) is 11.7. The van der Waals surface area contributed by atoms with Crippen LogP contribution in [-0.4, -0.2) is 62.9 Å². The zero-order chi connectivity index (χ0) is 20.6. The summed E-state index contributed by atoms with van der Waals surface area (Å²) in [5.74, 6) is 2.38. The quantitative estimate of drug-likeness (QED) is 0.342. The number of halogens is 1. The molecule has 0 aliphatic carbocycles. The number of phenols is 1. The second-order valence-corrected chi connectivity index (χ2v) is 6.85. The van der Waals surface area contributed by atoms with Crippen molar-refractivity contribution in [2.45, 2.75) is 13.5 Å². The van der Waals surface area contributed by atoms with Gasteiger partial charge in [0.25, 0.3) is 0 Å². The first-order valence-electron chi connectivity index (χ1n) is 9.92. The first-order chi connectivity index (χ1) is 14.1. The Labute approximate surface area is 195 Å². The highest BCUT2D eigenvalue weighted by molar-refractivity contribution is 14.0. The number of aliphatic imine (C=N–C) groups is 1. The SMILES string of the molecule is CCNC(=NCc1ccc(OC)c(O)c1)N1CCN(c2cccc(OC)c2)CC1.I. The van der Waals surface area contributed by atoms with E-state index in [0.717, 1.165) is 50.0 Å². The van der Waals surface area contributed by atoms with Gasteiger partial charge in [-0.25, -0.2) is 4.99 Å². The monoisotopic (exact) mass is 526 g/mol. The highest BCUT2D eigenvalue weighted by Gasteiger charge is 2.20. The maximum absolute atomic E-state index is 9.97. The fraction of sp³-hybridized carbons (Fsp3) is 0.409. The van der Waals surface area contributed by atoms with Crippen molar-refractivity contribution in [1.82, 2.24) is 10.2 Å². The van der Waals surface area contributed by atoms with Crippen molar-refractivity contribution in [3.05, 3.63) is 48.0 Å². The molecule has 2 aromatic rings. The van der Waals surface area contributed by atoms with Gasteiger partial charge >= 0.3 is 0 Å². The lowest BCUT2D eigenvalue weighted by Gasteiger charge is -2.37. The lowest BCUT2D eigenvalue weighted by atomic mass is 10.2. The summed E-state index contributed by atoms with van der Waals surface area (Å²) >= 11 is 0. The highest BCUT2D eigenvalue weighted by Crippen LogP contribution is 2.26. The van der Waals surface area contributed by atoms with Gasteiger partial charge in [0.1, 0.15) is 5.75 Å². The van der Waals surface area contributed by atoms with Crippen molar-refractivity contribution in [2.24, 2.45) is 4.99 Å². The summed E-state index contributed by atoms with van der Waals surface area (Å²) in [4.78, 5) is 9.42. The number of anilines is 1. The highest BCUT2D eigenvalue weighted by atomic mass is 127. The number of aromatic hydroxyl groups is 1. The minimum absolute atomic E-state index is 0. The molecular formula is C22H31IN4O3. The Morgan fingerprint density at radius 1 is 1.07 bits per heavy atom. The Bertz CT molecular complexity index is 839. The molecule has 0 atom stereocenters. The fourth-order valence-corrected chi connectivity index (χ4v) is 3.41. The summed E-state index contributed by atoms with van der Waals surface area (Å²) in [7, 11) is 3.24. The molecule has 30 heavy (non-hydrogen) atoms. The van der Waals surface area contributed by atoms with E-state index in [4.69, 9.17) is 14.5 Å². The summed E-state index contributed by atoms with van der Waals surface area (Å²) < 4.78 is 10.4. The predicted octanol–water partition coefficient (Wildman–Crippen LogP) is 3.32. The van der Waals surface area contributed by atoms with Gasteiger partial charge in [0.15, 0.2) is 17.5 Å². The number of benzene rings is 2. The van der Waals surface area contributed by atoms with Crippen LogP contribution in [0.15, 0.2) is 47.5 Å². The van der Waals surface area contributed by atoms with Crippen LogP contribution >= 0.6 is 24.0 Å². The molecule has 1 saturated heterocycles. The molecule has 1 heterocycles. The van der Waals surface area contributed by atoms with E-state index >= 15 is 0 Å². The van der Waals surface area contributed by atoms with Crippen LogP contribution in [0, 0.1) is 0 Å². The van der Waals surface area contributed by atoms with E-state index in [-0.39, 0.29) is 29.7 Å². The Morgan fingerprint density at radius 2 is 1.83 bits per heavy atom. The van der Waals surface area contributed by atoms with E-state index in [1.807, 2.05) is 18.2 Å². The molecule has 2 N–H and O–H groups in total. The van der Waals surface area contributed by atoms with Crippen molar-refractivity contribution in [3.63, 3.8) is 0 Å². The van der Waals surface area contributed by atoms with Gasteiger partial charge in [-0.15, -0.1) is 24.0 Å². The number of methoxy groups -OCH3 is 2. The van der Waals surface area contributed by atoms with Crippen molar-refractivity contribution in [2.75, 3.05) is 51.8 Å². The van der Waals surface area contributed by atoms with Gasteiger partial charge in [-0.3, -0.25) is 0 Å². The summed E-state index contributed by atoms with van der Waals surface area (Å²) in [5.41, 5.74) is 2.12. The van der Waals surface area contributed by atoms with Gasteiger partial charge in [0.05, 0.1) is 20.8 Å². The first kappa shape index (κ1) is 23.9. The Hall–Kier alpha value is -2.36. The molecule has 0 spiro atoms. The number of hydrogen-bond acceptors (Lipinski definition) is 5. The third kappa shape index (κ3) is 6.07. The van der Waals surface area contributed by atoms with Crippen LogP contribution in [-0.2, 0) is 6.54 Å². The van der Waals surface area contributed by atoms with E-state index < -0.39 is 0 Å². The molecule has 0 unspecified atom stereocenters. The smallest absolute Gasteiger partial charge is 0.194 e. The molecule has 164 valence electrons. The van der Waals surface area contributed by atoms with Crippen molar-refractivity contribution >= 4 is 35.6 Å². The van der Waals surface area contributed by atoms with Gasteiger partial charge in [0, 0.05) is 44.5 Å². The number of piperazine rings is 1. The predicted molar refractivity (Wildman–Crippen MR) is 132 cm³/mol. The van der Waals surface area contributed by atoms with Crippen LogP contribution in [0.3, 0.4) is 0 Å². The molecule has 8 heteroatoms. The van der Waals surface area contributed by atoms with E-state index in [0.29, 0.717) is 12.3 Å². The van der Waals surface area contributed by atoms with Gasteiger partial charge in [0.2, 0.25) is 0 Å². The zero-order valence-electron chi connectivity index (χ0n) is 17.8. The summed E-state index contributed by atoms with van der Waals surface area (Å²) in [5, 5.41) is 13.4. The summed E-state index contributed by atoms with van der Waals surface area (Å²) in [6.45, 7) is 6.98. The lowest BCUT2D eigenvalue weighted by Crippen LogP contribution is -2.52. The van der Waals surface area contributed by atoms with Gasteiger partial charge in [-0.2, -0.15) is 0 Å². The van der Waals surface area contributed by atoms with E-state index in [1.54, 1.807) is 26.4 Å². The van der Waals surface area contributed by atoms with Crippen LogP contribution in [0.1, 0.15) is 12.5 Å². The molecular weight excluding hydrogens is 495 g/mol. The number of hydrogen-bond donors (Lipinski definition) is 2. The van der Waals surface area contributed by atoms with E-state index in [9.17, 15) is 5.11 Å². The Kier molecular flexibility index (Phi) is 9.35. The number of phenolic OH excluding ortho intramolecular Hbond substituents is 1. The van der Waals surface area contributed by atoms with Crippen molar-refractivity contribution < 1.29 is 14.6 Å². The molecule has 0 bridgehead atoms. The van der Waals surface area contributed by atoms with E-state index in [2.05, 4.69) is 34.2 Å². The third-order valence-electron chi connectivity index (χ3n) is 4.99. The van der Waals surface area contributed by atoms with Crippen molar-refractivity contribution in [3.8, 4) is 17.2 Å². The Balaban J connectivity index is 0.00000320. The number of ether oxygens (including phenoxy) is 2. The van der Waals surface area contributed by atoms with Crippen LogP contribution in [0.25, 0.3) is 0 Å². The van der Waals surface area contributed by atoms with E-state index in [1.165, 1.54) is 5.69 Å². The number of guanidine groups is 1. The van der Waals surface area contributed by atoms with Crippen LogP contribution < -0.4 is 19.7 Å². The fourth-order valence-electron chi connectivity index (χ4n) is 3.41. The number of nitrogens with zero attached hydrogens (tertiary/aromatic N) is 3. The van der Waals surface area contributed by atoms with Gasteiger partial charge in [-0.05, 0) is 36.8 Å². The normalized spacial score (nSPS) is 14.2. The average Bonchev–Trinajstić information content (AvgIpc) is 2.77. The molecule has 0 aromatic heterocycles. The minimum Gasteiger partial charge on any atom is -0.504 e. The topological polar surface area (TPSA) is 69.6 Å². The van der Waals surface area contributed by atoms with Gasteiger partial charge in [-0.1, -0.05) is 12.1 Å². The van der Waals surface area contributed by atoms with Crippen LogP contribution in [0.5, 0.6) is 17.2 Å². The van der Waals surface area contributed by atoms with Gasteiger partial charge < -0.3 is 29.7 Å². The molecule has 1 aliphatic rings. The maximum Gasteiger partial charge on any atom is 0.194 e. The largest absolute Gasteiger partial charge is 0.504 e. The second-order valence-electron chi connectivity index (χ2n) is 6.85. The van der Waals surface area contributed by atoms with Crippen LogP contribution in [0.4, 0.5) is 5.69 Å². The average molecular weight is 526 g/mol. The molecule has 7 nitrogen and oxygen atoms in total. The molecule has 0 radical (unpaired) electrons. The zero-order valence-corrected chi connectivity index (χ0v) is 20.1. The molecule has 3 rings (SSSR count). The minimum atomic E-state index is 0. The van der Waals surface area contributed by atoms with Crippen molar-refractivity contribution in [1.29, 1.82) is 0 Å². The molecule has 0 saturated carbocycles. The standard InChI is InChI=1S/C22H30N4O3.HI/c1-4-23-22(24-16-17-8-9-21(29-3)20(27)14-17)26-12-10-25(11-13-26)18-6-5-7-19(15-18)28-2;/h5-9,14-15,27H,4,10-13,16H2,1-3H3,(H,23,24);1H. The first-order valence-corrected chi connectivity index (χ1v) is 9.92. The third-order valence-corrected chi connectivity index (χ3v) is 4.99. The number of rotatable bonds is 6. The summed E-state index contributed by atoms with van der Waals surface area (Å²) in [6, 6.07) is 13.6. The molecule has 1 fully saturated rings. The molecule has 1 aliphatic heterocycles. The summed E-state index contributed by atoms with van der Waals surface area (Å²) in [6.07, 6.45) is 0. The molecule has 2 aromatic carbocycles. The lowest BCUT2D eigenvalue weighted by molar-refractivity contribution is 0.371. The maximum atomic E-state index is 9.97. The molecule has 0 amide bonds. The number of nitrogens with one attached hydrogen (secondary N) is 1.